The van der Waals surface area contributed by atoms with E-state index in [1.807, 2.05) is 0 Å². The molecule has 24 heavy (non-hydrogen) atoms. The molecule has 1 saturated heterocycles. The molecule has 0 unspecified atom stereocenters. The molecule has 3 rings (SSSR count). The van der Waals surface area contributed by atoms with Crippen LogP contribution >= 0.6 is 0 Å². The standard InChI is InChI=1S/C16H19N3O5/c1-10(14-17-11(2)18-24-14)23-16(21)12-6-3-4-8-19(12)15(20)13-7-5-9-22-13/h5,7,9-10,12H,3-4,6,8H2,1-2H3/t10-,12+/m1/s1. The molecule has 0 bridgehead atoms. The van der Waals surface area contributed by atoms with Crippen LogP contribution in [0.3, 0.4) is 0 Å². The van der Waals surface area contributed by atoms with Crippen LogP contribution < -0.4 is 0 Å². The van der Waals surface area contributed by atoms with E-state index in [0.29, 0.717) is 18.8 Å². The number of hydrogen-bond donors (Lipinski definition) is 0. The Labute approximate surface area is 138 Å². The summed E-state index contributed by atoms with van der Waals surface area (Å²) < 4.78 is 15.6. The van der Waals surface area contributed by atoms with E-state index in [-0.39, 0.29) is 17.6 Å². The minimum Gasteiger partial charge on any atom is -0.459 e. The third-order valence-corrected chi connectivity index (χ3v) is 3.95. The predicted octanol–water partition coefficient (Wildman–Crippen LogP) is 2.27. The van der Waals surface area contributed by atoms with E-state index in [4.69, 9.17) is 13.7 Å². The van der Waals surface area contributed by atoms with Gasteiger partial charge in [0.1, 0.15) is 6.04 Å². The summed E-state index contributed by atoms with van der Waals surface area (Å²) in [6.45, 7) is 3.84. The molecule has 3 heterocycles. The van der Waals surface area contributed by atoms with Crippen molar-refractivity contribution in [3.05, 3.63) is 35.9 Å². The molecular formula is C16H19N3O5. The Morgan fingerprint density at radius 3 is 2.92 bits per heavy atom. The Morgan fingerprint density at radius 1 is 1.42 bits per heavy atom. The van der Waals surface area contributed by atoms with E-state index in [2.05, 4.69) is 10.1 Å². The summed E-state index contributed by atoms with van der Waals surface area (Å²) in [6, 6.07) is 2.59. The lowest BCUT2D eigenvalue weighted by molar-refractivity contribution is -0.156. The summed E-state index contributed by atoms with van der Waals surface area (Å²) >= 11 is 0. The van der Waals surface area contributed by atoms with E-state index in [1.54, 1.807) is 26.0 Å². The summed E-state index contributed by atoms with van der Waals surface area (Å²) in [4.78, 5) is 30.6. The molecule has 0 aromatic carbocycles. The normalized spacial score (nSPS) is 19.1. The van der Waals surface area contributed by atoms with E-state index in [0.717, 1.165) is 12.8 Å². The molecule has 8 heteroatoms. The average molecular weight is 333 g/mol. The van der Waals surface area contributed by atoms with Crippen molar-refractivity contribution in [3.63, 3.8) is 0 Å². The molecule has 128 valence electrons. The van der Waals surface area contributed by atoms with E-state index >= 15 is 0 Å². The SMILES string of the molecule is Cc1noc([C@@H](C)OC(=O)[C@@H]2CCCCN2C(=O)c2ccco2)n1. The summed E-state index contributed by atoms with van der Waals surface area (Å²) in [5.74, 6) is 0.150. The van der Waals surface area contributed by atoms with Crippen molar-refractivity contribution in [2.24, 2.45) is 0 Å². The van der Waals surface area contributed by atoms with Crippen molar-refractivity contribution in [1.82, 2.24) is 15.0 Å². The van der Waals surface area contributed by atoms with Gasteiger partial charge in [0.2, 0.25) is 0 Å². The molecule has 8 nitrogen and oxygen atoms in total. The van der Waals surface area contributed by atoms with Gasteiger partial charge in [-0.3, -0.25) is 4.79 Å². The third kappa shape index (κ3) is 3.32. The van der Waals surface area contributed by atoms with Crippen molar-refractivity contribution in [3.8, 4) is 0 Å². The minimum atomic E-state index is -0.666. The van der Waals surface area contributed by atoms with Gasteiger partial charge in [0.15, 0.2) is 17.7 Å². The van der Waals surface area contributed by atoms with Gasteiger partial charge in [-0.2, -0.15) is 4.98 Å². The molecule has 2 atom stereocenters. The molecule has 1 aliphatic heterocycles. The second-order valence-corrected chi connectivity index (χ2v) is 5.75. The number of carbonyl (C=O) groups excluding carboxylic acids is 2. The zero-order valence-electron chi connectivity index (χ0n) is 13.6. The fourth-order valence-electron chi connectivity index (χ4n) is 2.74. The number of ether oxygens (including phenoxy) is 1. The third-order valence-electron chi connectivity index (χ3n) is 3.95. The molecule has 1 amide bonds. The number of carbonyl (C=O) groups is 2. The van der Waals surface area contributed by atoms with Crippen LogP contribution in [0.4, 0.5) is 0 Å². The Morgan fingerprint density at radius 2 is 2.25 bits per heavy atom. The van der Waals surface area contributed by atoms with Gasteiger partial charge in [-0.25, -0.2) is 4.79 Å². The highest BCUT2D eigenvalue weighted by Crippen LogP contribution is 2.23. The summed E-state index contributed by atoms with van der Waals surface area (Å²) in [5.41, 5.74) is 0. The van der Waals surface area contributed by atoms with Crippen molar-refractivity contribution < 1.29 is 23.3 Å². The van der Waals surface area contributed by atoms with Crippen molar-refractivity contribution >= 4 is 11.9 Å². The van der Waals surface area contributed by atoms with E-state index in [9.17, 15) is 9.59 Å². The lowest BCUT2D eigenvalue weighted by Crippen LogP contribution is -2.48. The van der Waals surface area contributed by atoms with Crippen LogP contribution in [0.25, 0.3) is 0 Å². The van der Waals surface area contributed by atoms with Gasteiger partial charge in [-0.15, -0.1) is 0 Å². The molecule has 1 aliphatic rings. The number of esters is 1. The van der Waals surface area contributed by atoms with Crippen LogP contribution in [0, 0.1) is 6.92 Å². The smallest absolute Gasteiger partial charge is 0.329 e. The Kier molecular flexibility index (Phi) is 4.64. The first-order valence-corrected chi connectivity index (χ1v) is 7.91. The highest BCUT2D eigenvalue weighted by Gasteiger charge is 2.36. The van der Waals surface area contributed by atoms with Gasteiger partial charge in [-0.1, -0.05) is 5.16 Å². The molecule has 2 aromatic heterocycles. The number of amides is 1. The zero-order valence-corrected chi connectivity index (χ0v) is 13.6. The van der Waals surface area contributed by atoms with Crippen LogP contribution in [-0.4, -0.2) is 39.5 Å². The fraction of sp³-hybridized carbons (Fsp3) is 0.500. The Balaban J connectivity index is 1.70. The van der Waals surface area contributed by atoms with Gasteiger partial charge in [0.05, 0.1) is 6.26 Å². The number of piperidine rings is 1. The summed E-state index contributed by atoms with van der Waals surface area (Å²) in [5, 5.41) is 3.68. The summed E-state index contributed by atoms with van der Waals surface area (Å²) in [7, 11) is 0. The molecule has 0 saturated carbocycles. The van der Waals surface area contributed by atoms with Gasteiger partial charge in [0.25, 0.3) is 11.8 Å². The summed E-state index contributed by atoms with van der Waals surface area (Å²) in [6.07, 6.45) is 3.02. The number of rotatable bonds is 4. The van der Waals surface area contributed by atoms with E-state index in [1.165, 1.54) is 11.2 Å². The number of hydrogen-bond acceptors (Lipinski definition) is 7. The molecular weight excluding hydrogens is 314 g/mol. The molecule has 0 radical (unpaired) electrons. The second kappa shape index (κ2) is 6.86. The number of likely N-dealkylation sites (tertiary alicyclic amines) is 1. The van der Waals surface area contributed by atoms with Crippen LogP contribution in [-0.2, 0) is 9.53 Å². The van der Waals surface area contributed by atoms with Crippen molar-refractivity contribution in [1.29, 1.82) is 0 Å². The predicted molar refractivity (Wildman–Crippen MR) is 80.9 cm³/mol. The quantitative estimate of drug-likeness (QED) is 0.791. The molecule has 1 fully saturated rings. The fourth-order valence-corrected chi connectivity index (χ4v) is 2.74. The monoisotopic (exact) mass is 333 g/mol. The van der Waals surface area contributed by atoms with Crippen LogP contribution in [0.5, 0.6) is 0 Å². The highest BCUT2D eigenvalue weighted by atomic mass is 16.6. The van der Waals surface area contributed by atoms with E-state index < -0.39 is 18.1 Å². The first-order chi connectivity index (χ1) is 11.6. The average Bonchev–Trinajstić information content (AvgIpc) is 3.25. The highest BCUT2D eigenvalue weighted by molar-refractivity contribution is 5.94. The van der Waals surface area contributed by atoms with Crippen LogP contribution in [0.15, 0.2) is 27.3 Å². The molecule has 0 spiro atoms. The maximum Gasteiger partial charge on any atom is 0.329 e. The molecule has 2 aromatic rings. The molecule has 0 N–H and O–H groups in total. The number of nitrogens with zero attached hydrogens (tertiary/aromatic N) is 3. The topological polar surface area (TPSA) is 98.7 Å². The Hall–Kier alpha value is -2.64. The lowest BCUT2D eigenvalue weighted by Gasteiger charge is -2.33. The first kappa shape index (κ1) is 16.2. The van der Waals surface area contributed by atoms with Gasteiger partial charge >= 0.3 is 5.97 Å². The minimum absolute atomic E-state index is 0.218. The number of aromatic nitrogens is 2. The zero-order chi connectivity index (χ0) is 17.1. The van der Waals surface area contributed by atoms with Gasteiger partial charge in [0, 0.05) is 6.54 Å². The number of furan rings is 1. The first-order valence-electron chi connectivity index (χ1n) is 7.91. The lowest BCUT2D eigenvalue weighted by atomic mass is 10.0. The maximum atomic E-state index is 12.5. The largest absolute Gasteiger partial charge is 0.459 e. The van der Waals surface area contributed by atoms with Crippen LogP contribution in [0.2, 0.25) is 0 Å². The van der Waals surface area contributed by atoms with Crippen molar-refractivity contribution in [2.75, 3.05) is 6.54 Å². The van der Waals surface area contributed by atoms with Gasteiger partial charge in [-0.05, 0) is 45.2 Å². The number of aryl methyl sites for hydroxylation is 1. The maximum absolute atomic E-state index is 12.5. The second-order valence-electron chi connectivity index (χ2n) is 5.75. The van der Waals surface area contributed by atoms with Crippen molar-refractivity contribution in [2.45, 2.75) is 45.3 Å². The Bertz CT molecular complexity index is 709. The van der Waals surface area contributed by atoms with Gasteiger partial charge < -0.3 is 18.6 Å². The van der Waals surface area contributed by atoms with Crippen LogP contribution in [0.1, 0.15) is 54.6 Å². The molecule has 0 aliphatic carbocycles.